The third-order valence-electron chi connectivity index (χ3n) is 4.81. The Balaban J connectivity index is 1.79. The van der Waals surface area contributed by atoms with E-state index in [-0.39, 0.29) is 5.54 Å². The smallest absolute Gasteiger partial charge is 0.141 e. The highest BCUT2D eigenvalue weighted by molar-refractivity contribution is 5.13. The summed E-state index contributed by atoms with van der Waals surface area (Å²) in [5.41, 5.74) is 0.445. The molecule has 1 aromatic rings. The van der Waals surface area contributed by atoms with Gasteiger partial charge in [-0.2, -0.15) is 0 Å². The molecule has 0 amide bonds. The summed E-state index contributed by atoms with van der Waals surface area (Å²) in [7, 11) is 1.79. The van der Waals surface area contributed by atoms with Gasteiger partial charge in [0, 0.05) is 31.0 Å². The monoisotopic (exact) mass is 324 g/mol. The summed E-state index contributed by atoms with van der Waals surface area (Å²) in [5.74, 6) is 0.271. The number of nitrogens with one attached hydrogen (secondary N) is 1. The zero-order valence-corrected chi connectivity index (χ0v) is 14.4. The van der Waals surface area contributed by atoms with Gasteiger partial charge >= 0.3 is 0 Å². The Morgan fingerprint density at radius 3 is 2.65 bits per heavy atom. The highest BCUT2D eigenvalue weighted by Crippen LogP contribution is 2.32. The Kier molecular flexibility index (Phi) is 6.50. The molecule has 1 aliphatic carbocycles. The molecule has 0 aliphatic heterocycles. The predicted molar refractivity (Wildman–Crippen MR) is 88.6 cm³/mol. The van der Waals surface area contributed by atoms with Crippen molar-refractivity contribution in [2.24, 2.45) is 5.92 Å². The molecule has 0 unspecified atom stereocenters. The van der Waals surface area contributed by atoms with Gasteiger partial charge in [0.2, 0.25) is 0 Å². The molecule has 0 spiro atoms. The van der Waals surface area contributed by atoms with Crippen LogP contribution in [0, 0.1) is 11.7 Å². The van der Waals surface area contributed by atoms with Gasteiger partial charge in [-0.1, -0.05) is 0 Å². The lowest BCUT2D eigenvalue weighted by Gasteiger charge is -2.35. The van der Waals surface area contributed by atoms with E-state index in [1.165, 1.54) is 25.1 Å². The summed E-state index contributed by atoms with van der Waals surface area (Å²) in [4.78, 5) is 3.78. The number of hydrogen-bond donors (Lipinski definition) is 2. The van der Waals surface area contributed by atoms with Crippen LogP contribution in [0.25, 0.3) is 0 Å². The number of β-amino-alcohol motifs (C(OH)–C–C–N with tert-alkyl or cyclic N) is 1. The third kappa shape index (κ3) is 5.83. The number of halogens is 1. The lowest BCUT2D eigenvalue weighted by Crippen LogP contribution is -2.43. The van der Waals surface area contributed by atoms with E-state index in [1.807, 2.05) is 0 Å². The maximum atomic E-state index is 13.2. The molecule has 1 heterocycles. The van der Waals surface area contributed by atoms with Crippen molar-refractivity contribution in [1.82, 2.24) is 10.3 Å². The standard InChI is InChI=1S/C18H29FN2O2/c1-18(2,9-13-4-6-16(23-3)7-5-13)21-12-17(22)14-8-15(19)11-20-10-14/h8,10-11,13,16-17,21-22H,4-7,9,12H2,1-3H3/t13?,16?,17-/m0/s1. The first-order valence-corrected chi connectivity index (χ1v) is 8.46. The summed E-state index contributed by atoms with van der Waals surface area (Å²) in [6.07, 6.45) is 8.05. The fourth-order valence-corrected chi connectivity index (χ4v) is 3.47. The van der Waals surface area contributed by atoms with Crippen LogP contribution in [-0.2, 0) is 4.74 Å². The summed E-state index contributed by atoms with van der Waals surface area (Å²) < 4.78 is 18.6. The lowest BCUT2D eigenvalue weighted by atomic mass is 9.79. The Hall–Kier alpha value is -1.04. The minimum Gasteiger partial charge on any atom is -0.387 e. The number of aromatic nitrogens is 1. The maximum Gasteiger partial charge on any atom is 0.141 e. The van der Waals surface area contributed by atoms with Gasteiger partial charge in [-0.25, -0.2) is 4.39 Å². The van der Waals surface area contributed by atoms with Crippen molar-refractivity contribution in [2.75, 3.05) is 13.7 Å². The quantitative estimate of drug-likeness (QED) is 0.808. The normalized spacial score (nSPS) is 23.7. The number of ether oxygens (including phenoxy) is 1. The van der Waals surface area contributed by atoms with E-state index in [4.69, 9.17) is 4.74 Å². The molecule has 130 valence electrons. The number of pyridine rings is 1. The molecule has 1 aliphatic rings. The fraction of sp³-hybridized carbons (Fsp3) is 0.722. The number of aliphatic hydroxyl groups excluding tert-OH is 1. The summed E-state index contributed by atoms with van der Waals surface area (Å²) in [5, 5.41) is 13.6. The lowest BCUT2D eigenvalue weighted by molar-refractivity contribution is 0.0505. The zero-order valence-electron chi connectivity index (χ0n) is 14.4. The van der Waals surface area contributed by atoms with E-state index >= 15 is 0 Å². The van der Waals surface area contributed by atoms with E-state index in [0.717, 1.165) is 25.5 Å². The van der Waals surface area contributed by atoms with Crippen molar-refractivity contribution in [3.8, 4) is 0 Å². The van der Waals surface area contributed by atoms with Crippen molar-refractivity contribution >= 4 is 0 Å². The predicted octanol–water partition coefficient (Wildman–Crippen LogP) is 3.22. The van der Waals surface area contributed by atoms with Crippen molar-refractivity contribution in [2.45, 2.75) is 63.7 Å². The van der Waals surface area contributed by atoms with Crippen LogP contribution in [0.5, 0.6) is 0 Å². The summed E-state index contributed by atoms with van der Waals surface area (Å²) >= 11 is 0. The highest BCUT2D eigenvalue weighted by Gasteiger charge is 2.27. The van der Waals surface area contributed by atoms with E-state index in [2.05, 4.69) is 24.1 Å². The minimum atomic E-state index is -0.748. The summed E-state index contributed by atoms with van der Waals surface area (Å²) in [6.45, 7) is 4.71. The maximum absolute atomic E-state index is 13.2. The molecule has 2 N–H and O–H groups in total. The molecule has 0 radical (unpaired) electrons. The van der Waals surface area contributed by atoms with Crippen LogP contribution < -0.4 is 5.32 Å². The van der Waals surface area contributed by atoms with Crippen LogP contribution in [-0.4, -0.2) is 35.4 Å². The van der Waals surface area contributed by atoms with Gasteiger partial charge in [0.05, 0.1) is 18.4 Å². The molecule has 23 heavy (non-hydrogen) atoms. The van der Waals surface area contributed by atoms with Gasteiger partial charge < -0.3 is 15.2 Å². The number of aliphatic hydroxyl groups is 1. The van der Waals surface area contributed by atoms with Crippen LogP contribution in [0.4, 0.5) is 4.39 Å². The van der Waals surface area contributed by atoms with Gasteiger partial charge in [-0.05, 0) is 57.9 Å². The van der Waals surface area contributed by atoms with Gasteiger partial charge in [0.1, 0.15) is 5.82 Å². The molecule has 1 saturated carbocycles. The molecular weight excluding hydrogens is 295 g/mol. The molecular formula is C18H29FN2O2. The van der Waals surface area contributed by atoms with Crippen LogP contribution in [0.15, 0.2) is 18.5 Å². The van der Waals surface area contributed by atoms with Crippen LogP contribution in [0.1, 0.15) is 57.6 Å². The highest BCUT2D eigenvalue weighted by atomic mass is 19.1. The molecule has 0 saturated heterocycles. The average molecular weight is 324 g/mol. The van der Waals surface area contributed by atoms with Gasteiger partial charge in [-0.15, -0.1) is 0 Å². The Bertz CT molecular complexity index is 488. The third-order valence-corrected chi connectivity index (χ3v) is 4.81. The van der Waals surface area contributed by atoms with Crippen LogP contribution in [0.3, 0.4) is 0 Å². The van der Waals surface area contributed by atoms with E-state index in [0.29, 0.717) is 24.1 Å². The Morgan fingerprint density at radius 2 is 2.04 bits per heavy atom. The molecule has 1 fully saturated rings. The fourth-order valence-electron chi connectivity index (χ4n) is 3.47. The van der Waals surface area contributed by atoms with Crippen molar-refractivity contribution < 1.29 is 14.2 Å². The second-order valence-corrected chi connectivity index (χ2v) is 7.30. The molecule has 0 bridgehead atoms. The Morgan fingerprint density at radius 1 is 1.35 bits per heavy atom. The van der Waals surface area contributed by atoms with Crippen molar-refractivity contribution in [3.05, 3.63) is 29.8 Å². The van der Waals surface area contributed by atoms with E-state index in [9.17, 15) is 9.50 Å². The van der Waals surface area contributed by atoms with Crippen molar-refractivity contribution in [3.63, 3.8) is 0 Å². The molecule has 0 aromatic carbocycles. The SMILES string of the molecule is COC1CCC(CC(C)(C)NC[C@H](O)c2cncc(F)c2)CC1. The summed E-state index contributed by atoms with van der Waals surface area (Å²) in [6, 6.07) is 1.33. The second kappa shape index (κ2) is 8.18. The second-order valence-electron chi connectivity index (χ2n) is 7.30. The van der Waals surface area contributed by atoms with Gasteiger partial charge in [0.25, 0.3) is 0 Å². The number of methoxy groups -OCH3 is 1. The topological polar surface area (TPSA) is 54.4 Å². The number of nitrogens with zero attached hydrogens (tertiary/aromatic N) is 1. The molecule has 2 rings (SSSR count). The zero-order chi connectivity index (χ0) is 16.9. The first-order chi connectivity index (χ1) is 10.9. The Labute approximate surface area is 138 Å². The molecule has 4 nitrogen and oxygen atoms in total. The number of rotatable bonds is 7. The first kappa shape index (κ1) is 18.3. The van der Waals surface area contributed by atoms with Gasteiger partial charge in [-0.3, -0.25) is 4.98 Å². The molecule has 5 heteroatoms. The first-order valence-electron chi connectivity index (χ1n) is 8.46. The molecule has 1 atom stereocenters. The largest absolute Gasteiger partial charge is 0.387 e. The van der Waals surface area contributed by atoms with Gasteiger partial charge in [0.15, 0.2) is 0 Å². The van der Waals surface area contributed by atoms with Crippen LogP contribution in [0.2, 0.25) is 0 Å². The average Bonchev–Trinajstić information content (AvgIpc) is 2.53. The van der Waals surface area contributed by atoms with E-state index in [1.54, 1.807) is 7.11 Å². The van der Waals surface area contributed by atoms with Crippen molar-refractivity contribution in [1.29, 1.82) is 0 Å². The minimum absolute atomic E-state index is 0.0632. The van der Waals surface area contributed by atoms with E-state index < -0.39 is 11.9 Å². The van der Waals surface area contributed by atoms with Crippen LogP contribution >= 0.6 is 0 Å². The molecule has 1 aromatic heterocycles. The number of hydrogen-bond acceptors (Lipinski definition) is 4.